The third kappa shape index (κ3) is 2.42. The SMILES string of the molecule is CCc1noc(C)c1C(=O)Nc1cccc(C)c1. The van der Waals surface area contributed by atoms with Gasteiger partial charge in [0.1, 0.15) is 11.3 Å². The Labute approximate surface area is 106 Å². The summed E-state index contributed by atoms with van der Waals surface area (Å²) < 4.78 is 5.06. The van der Waals surface area contributed by atoms with Crippen molar-refractivity contribution in [2.45, 2.75) is 27.2 Å². The van der Waals surface area contributed by atoms with Crippen molar-refractivity contribution in [1.29, 1.82) is 0 Å². The molecule has 0 unspecified atom stereocenters. The highest BCUT2D eigenvalue weighted by Gasteiger charge is 2.18. The van der Waals surface area contributed by atoms with Gasteiger partial charge in [-0.1, -0.05) is 24.2 Å². The van der Waals surface area contributed by atoms with Crippen molar-refractivity contribution in [3.8, 4) is 0 Å². The van der Waals surface area contributed by atoms with E-state index in [1.165, 1.54) is 0 Å². The number of carbonyl (C=O) groups is 1. The van der Waals surface area contributed by atoms with E-state index in [2.05, 4.69) is 10.5 Å². The van der Waals surface area contributed by atoms with Gasteiger partial charge in [-0.3, -0.25) is 4.79 Å². The van der Waals surface area contributed by atoms with Crippen LogP contribution in [0.15, 0.2) is 28.8 Å². The summed E-state index contributed by atoms with van der Waals surface area (Å²) in [6.45, 7) is 5.68. The van der Waals surface area contributed by atoms with Crippen molar-refractivity contribution in [3.05, 3.63) is 46.8 Å². The number of hydrogen-bond donors (Lipinski definition) is 1. The number of carbonyl (C=O) groups excluding carboxylic acids is 1. The number of nitrogens with one attached hydrogen (secondary N) is 1. The van der Waals surface area contributed by atoms with Crippen LogP contribution in [-0.4, -0.2) is 11.1 Å². The quantitative estimate of drug-likeness (QED) is 0.902. The van der Waals surface area contributed by atoms with Crippen molar-refractivity contribution in [1.82, 2.24) is 5.16 Å². The Kier molecular flexibility index (Phi) is 3.46. The second kappa shape index (κ2) is 5.04. The third-order valence-corrected chi connectivity index (χ3v) is 2.77. The summed E-state index contributed by atoms with van der Waals surface area (Å²) in [5.74, 6) is 0.383. The summed E-state index contributed by atoms with van der Waals surface area (Å²) in [7, 11) is 0. The number of nitrogens with zero attached hydrogens (tertiary/aromatic N) is 1. The highest BCUT2D eigenvalue weighted by atomic mass is 16.5. The van der Waals surface area contributed by atoms with Crippen LogP contribution in [0.1, 0.15) is 34.3 Å². The zero-order valence-electron chi connectivity index (χ0n) is 10.8. The fraction of sp³-hybridized carbons (Fsp3) is 0.286. The monoisotopic (exact) mass is 244 g/mol. The summed E-state index contributed by atoms with van der Waals surface area (Å²) >= 11 is 0. The topological polar surface area (TPSA) is 55.1 Å². The zero-order chi connectivity index (χ0) is 13.1. The van der Waals surface area contributed by atoms with Crippen molar-refractivity contribution in [2.24, 2.45) is 0 Å². The van der Waals surface area contributed by atoms with Gasteiger partial charge >= 0.3 is 0 Å². The third-order valence-electron chi connectivity index (χ3n) is 2.77. The molecule has 94 valence electrons. The Bertz CT molecular complexity index is 573. The summed E-state index contributed by atoms with van der Waals surface area (Å²) in [6, 6.07) is 7.68. The van der Waals surface area contributed by atoms with Crippen LogP contribution in [0.25, 0.3) is 0 Å². The van der Waals surface area contributed by atoms with Gasteiger partial charge in [-0.05, 0) is 38.0 Å². The first-order valence-electron chi connectivity index (χ1n) is 5.95. The molecule has 18 heavy (non-hydrogen) atoms. The second-order valence-corrected chi connectivity index (χ2v) is 4.24. The highest BCUT2D eigenvalue weighted by molar-refractivity contribution is 6.05. The summed E-state index contributed by atoms with van der Waals surface area (Å²) in [4.78, 5) is 12.2. The van der Waals surface area contributed by atoms with Gasteiger partial charge in [-0.15, -0.1) is 0 Å². The van der Waals surface area contributed by atoms with E-state index in [0.29, 0.717) is 23.4 Å². The average Bonchev–Trinajstić information content (AvgIpc) is 2.70. The molecule has 1 aromatic heterocycles. The molecule has 0 saturated heterocycles. The molecule has 0 spiro atoms. The molecule has 1 N–H and O–H groups in total. The molecule has 2 rings (SSSR count). The molecule has 0 bridgehead atoms. The molecule has 0 radical (unpaired) electrons. The lowest BCUT2D eigenvalue weighted by molar-refractivity contribution is 0.102. The number of anilines is 1. The second-order valence-electron chi connectivity index (χ2n) is 4.24. The molecule has 0 atom stereocenters. The predicted octanol–water partition coefficient (Wildman–Crippen LogP) is 3.11. The first kappa shape index (κ1) is 12.4. The standard InChI is InChI=1S/C14H16N2O2/c1-4-12-13(10(3)18-16-12)14(17)15-11-7-5-6-9(2)8-11/h5-8H,4H2,1-3H3,(H,15,17). The lowest BCUT2D eigenvalue weighted by Gasteiger charge is -2.05. The van der Waals surface area contributed by atoms with Gasteiger partial charge in [0.2, 0.25) is 0 Å². The van der Waals surface area contributed by atoms with Crippen LogP contribution in [0.4, 0.5) is 5.69 Å². The summed E-state index contributed by atoms with van der Waals surface area (Å²) in [5.41, 5.74) is 3.12. The molecule has 1 amide bonds. The first-order valence-corrected chi connectivity index (χ1v) is 5.95. The minimum atomic E-state index is -0.170. The minimum Gasteiger partial charge on any atom is -0.361 e. The number of benzene rings is 1. The molecule has 2 aromatic rings. The number of aryl methyl sites for hydroxylation is 3. The Morgan fingerprint density at radius 2 is 2.17 bits per heavy atom. The number of rotatable bonds is 3. The van der Waals surface area contributed by atoms with Crippen LogP contribution in [0.3, 0.4) is 0 Å². The molecule has 4 nitrogen and oxygen atoms in total. The van der Waals surface area contributed by atoms with Crippen molar-refractivity contribution < 1.29 is 9.32 Å². The summed E-state index contributed by atoms with van der Waals surface area (Å²) in [5, 5.41) is 6.74. The van der Waals surface area contributed by atoms with Gasteiger partial charge in [0, 0.05) is 5.69 Å². The normalized spacial score (nSPS) is 10.4. The largest absolute Gasteiger partial charge is 0.361 e. The van der Waals surface area contributed by atoms with E-state index in [-0.39, 0.29) is 5.91 Å². The molecule has 1 heterocycles. The molecular formula is C14H16N2O2. The van der Waals surface area contributed by atoms with Crippen LogP contribution < -0.4 is 5.32 Å². The molecule has 0 fully saturated rings. The smallest absolute Gasteiger partial charge is 0.261 e. The number of aromatic nitrogens is 1. The predicted molar refractivity (Wildman–Crippen MR) is 69.8 cm³/mol. The Morgan fingerprint density at radius 1 is 1.39 bits per heavy atom. The van der Waals surface area contributed by atoms with Crippen LogP contribution in [0.5, 0.6) is 0 Å². The Hall–Kier alpha value is -2.10. The zero-order valence-corrected chi connectivity index (χ0v) is 10.8. The first-order chi connectivity index (χ1) is 8.61. The van der Waals surface area contributed by atoms with Gasteiger partial charge < -0.3 is 9.84 Å². The van der Waals surface area contributed by atoms with Crippen molar-refractivity contribution >= 4 is 11.6 Å². The molecule has 1 aromatic carbocycles. The van der Waals surface area contributed by atoms with Crippen LogP contribution in [0, 0.1) is 13.8 Å². The fourth-order valence-electron chi connectivity index (χ4n) is 1.87. The lowest BCUT2D eigenvalue weighted by atomic mass is 10.1. The van der Waals surface area contributed by atoms with Gasteiger partial charge in [-0.2, -0.15) is 0 Å². The van der Waals surface area contributed by atoms with E-state index >= 15 is 0 Å². The van der Waals surface area contributed by atoms with Crippen LogP contribution in [-0.2, 0) is 6.42 Å². The highest BCUT2D eigenvalue weighted by Crippen LogP contribution is 2.17. The van der Waals surface area contributed by atoms with Gasteiger partial charge in [0.05, 0.1) is 5.69 Å². The van der Waals surface area contributed by atoms with E-state index in [1.54, 1.807) is 6.92 Å². The fourth-order valence-corrected chi connectivity index (χ4v) is 1.87. The van der Waals surface area contributed by atoms with Crippen LogP contribution >= 0.6 is 0 Å². The van der Waals surface area contributed by atoms with Gasteiger partial charge in [-0.25, -0.2) is 0 Å². The molecule has 0 saturated carbocycles. The van der Waals surface area contributed by atoms with E-state index < -0.39 is 0 Å². The molecular weight excluding hydrogens is 228 g/mol. The molecule has 0 aliphatic rings. The van der Waals surface area contributed by atoms with E-state index in [9.17, 15) is 4.79 Å². The van der Waals surface area contributed by atoms with E-state index in [1.807, 2.05) is 38.1 Å². The molecule has 4 heteroatoms. The van der Waals surface area contributed by atoms with Crippen molar-refractivity contribution in [3.63, 3.8) is 0 Å². The maximum Gasteiger partial charge on any atom is 0.261 e. The summed E-state index contributed by atoms with van der Waals surface area (Å²) in [6.07, 6.45) is 0.675. The number of amides is 1. The van der Waals surface area contributed by atoms with E-state index in [4.69, 9.17) is 4.52 Å². The molecule has 0 aliphatic heterocycles. The number of hydrogen-bond acceptors (Lipinski definition) is 3. The van der Waals surface area contributed by atoms with Crippen molar-refractivity contribution in [2.75, 3.05) is 5.32 Å². The van der Waals surface area contributed by atoms with Crippen LogP contribution in [0.2, 0.25) is 0 Å². The van der Waals surface area contributed by atoms with Gasteiger partial charge in [0.15, 0.2) is 0 Å². The lowest BCUT2D eigenvalue weighted by Crippen LogP contribution is -2.14. The molecule has 0 aliphatic carbocycles. The Morgan fingerprint density at radius 3 is 2.83 bits per heavy atom. The minimum absolute atomic E-state index is 0.170. The maximum atomic E-state index is 12.2. The van der Waals surface area contributed by atoms with E-state index in [0.717, 1.165) is 11.3 Å². The van der Waals surface area contributed by atoms with Gasteiger partial charge in [0.25, 0.3) is 5.91 Å². The Balaban J connectivity index is 2.24. The average molecular weight is 244 g/mol. The maximum absolute atomic E-state index is 12.2.